The summed E-state index contributed by atoms with van der Waals surface area (Å²) in [5.41, 5.74) is 2.80. The van der Waals surface area contributed by atoms with Crippen LogP contribution in [0.15, 0.2) is 40.4 Å². The predicted octanol–water partition coefficient (Wildman–Crippen LogP) is 4.72. The number of rotatable bonds is 4. The summed E-state index contributed by atoms with van der Waals surface area (Å²) in [7, 11) is 0. The number of allylic oxidation sites excluding steroid dienone is 2. The average Bonchev–Trinajstić information content (AvgIpc) is 2.15. The smallest absolute Gasteiger partial charge is 0.0178 e. The van der Waals surface area contributed by atoms with E-state index < -0.39 is 0 Å². The van der Waals surface area contributed by atoms with Gasteiger partial charge in [0, 0.05) is 9.80 Å². The first-order valence-electron chi connectivity index (χ1n) is 4.68. The Balaban J connectivity index is 2.60. The fraction of sp³-hybridized carbons (Fsp3) is 0.333. The van der Waals surface area contributed by atoms with Gasteiger partial charge in [-0.2, -0.15) is 0 Å². The molecule has 76 valence electrons. The molecule has 0 aromatic heterocycles. The first kappa shape index (κ1) is 12.0. The molecule has 0 bridgehead atoms. The minimum Gasteiger partial charge on any atom is -0.0925 e. The molecule has 0 aliphatic rings. The second kappa shape index (κ2) is 6.41. The van der Waals surface area contributed by atoms with E-state index in [1.165, 1.54) is 11.1 Å². The van der Waals surface area contributed by atoms with Gasteiger partial charge in [0.25, 0.3) is 0 Å². The minimum atomic E-state index is 1.04. The molecule has 0 heterocycles. The van der Waals surface area contributed by atoms with Crippen molar-refractivity contribution < 1.29 is 0 Å². The van der Waals surface area contributed by atoms with Crippen molar-refractivity contribution in [3.05, 3.63) is 46.0 Å². The van der Waals surface area contributed by atoms with Crippen LogP contribution in [0.25, 0.3) is 0 Å². The van der Waals surface area contributed by atoms with Gasteiger partial charge >= 0.3 is 0 Å². The van der Waals surface area contributed by atoms with E-state index >= 15 is 0 Å². The lowest BCUT2D eigenvalue weighted by molar-refractivity contribution is 1.10. The second-order valence-electron chi connectivity index (χ2n) is 3.33. The summed E-state index contributed by atoms with van der Waals surface area (Å²) in [6, 6.07) is 8.47. The van der Waals surface area contributed by atoms with Crippen LogP contribution in [0.2, 0.25) is 0 Å². The van der Waals surface area contributed by atoms with Gasteiger partial charge in [-0.05, 0) is 37.5 Å². The van der Waals surface area contributed by atoms with Crippen LogP contribution >= 0.6 is 31.9 Å². The highest BCUT2D eigenvalue weighted by molar-refractivity contribution is 9.10. The van der Waals surface area contributed by atoms with E-state index in [1.54, 1.807) is 0 Å². The molecule has 1 rings (SSSR count). The molecule has 0 fully saturated rings. The third-order valence-electron chi connectivity index (χ3n) is 1.97. The molecule has 0 aliphatic heterocycles. The van der Waals surface area contributed by atoms with E-state index in [0.717, 1.165) is 22.6 Å². The predicted molar refractivity (Wildman–Crippen MR) is 70.0 cm³/mol. The van der Waals surface area contributed by atoms with Crippen molar-refractivity contribution in [3.63, 3.8) is 0 Å². The standard InChI is InChI=1S/C12H14Br2/c1-10(4-3-7-13)8-11-5-2-6-12(14)9-11/h2,4-6,9H,3,7-8H2,1H3. The molecule has 0 unspecified atom stereocenters. The Morgan fingerprint density at radius 2 is 2.21 bits per heavy atom. The van der Waals surface area contributed by atoms with E-state index in [4.69, 9.17) is 0 Å². The summed E-state index contributed by atoms with van der Waals surface area (Å²) in [6.07, 6.45) is 4.45. The molecular weight excluding hydrogens is 304 g/mol. The summed E-state index contributed by atoms with van der Waals surface area (Å²) in [6.45, 7) is 2.18. The van der Waals surface area contributed by atoms with Crippen molar-refractivity contribution in [2.24, 2.45) is 0 Å². The van der Waals surface area contributed by atoms with E-state index in [9.17, 15) is 0 Å². The molecule has 1 aromatic rings. The zero-order chi connectivity index (χ0) is 10.4. The Morgan fingerprint density at radius 3 is 2.86 bits per heavy atom. The highest BCUT2D eigenvalue weighted by atomic mass is 79.9. The molecule has 0 amide bonds. The van der Waals surface area contributed by atoms with Gasteiger partial charge < -0.3 is 0 Å². The molecule has 0 spiro atoms. The molecule has 0 nitrogen and oxygen atoms in total. The fourth-order valence-corrected chi connectivity index (χ4v) is 2.02. The molecule has 0 atom stereocenters. The topological polar surface area (TPSA) is 0 Å². The molecule has 0 aliphatic carbocycles. The number of benzene rings is 1. The maximum atomic E-state index is 3.48. The monoisotopic (exact) mass is 316 g/mol. The van der Waals surface area contributed by atoms with Crippen molar-refractivity contribution >= 4 is 31.9 Å². The van der Waals surface area contributed by atoms with Gasteiger partial charge in [-0.1, -0.05) is 55.6 Å². The summed E-state index contributed by atoms with van der Waals surface area (Å²) < 4.78 is 1.16. The van der Waals surface area contributed by atoms with Gasteiger partial charge in [0.05, 0.1) is 0 Å². The van der Waals surface area contributed by atoms with E-state index in [1.807, 2.05) is 0 Å². The summed E-state index contributed by atoms with van der Waals surface area (Å²) in [5.74, 6) is 0. The van der Waals surface area contributed by atoms with E-state index in [2.05, 4.69) is 69.1 Å². The Kier molecular flexibility index (Phi) is 5.49. The zero-order valence-corrected chi connectivity index (χ0v) is 11.4. The Bertz CT molecular complexity index is 316. The molecular formula is C12H14Br2. The summed E-state index contributed by atoms with van der Waals surface area (Å²) in [5, 5.41) is 1.04. The SMILES string of the molecule is CC(=CCCBr)Cc1cccc(Br)c1. The Labute approximate surface area is 103 Å². The van der Waals surface area contributed by atoms with E-state index in [-0.39, 0.29) is 0 Å². The third kappa shape index (κ3) is 4.43. The second-order valence-corrected chi connectivity index (χ2v) is 5.04. The lowest BCUT2D eigenvalue weighted by Gasteiger charge is -2.02. The van der Waals surface area contributed by atoms with Crippen LogP contribution in [0, 0.1) is 0 Å². The highest BCUT2D eigenvalue weighted by Crippen LogP contribution is 2.15. The largest absolute Gasteiger partial charge is 0.0925 e. The van der Waals surface area contributed by atoms with Crippen LogP contribution in [0.4, 0.5) is 0 Å². The van der Waals surface area contributed by atoms with Crippen LogP contribution in [0.1, 0.15) is 18.9 Å². The van der Waals surface area contributed by atoms with Crippen LogP contribution in [0.3, 0.4) is 0 Å². The minimum absolute atomic E-state index is 1.04. The van der Waals surface area contributed by atoms with Gasteiger partial charge in [0.2, 0.25) is 0 Å². The lowest BCUT2D eigenvalue weighted by Crippen LogP contribution is -1.87. The van der Waals surface area contributed by atoms with Crippen molar-refractivity contribution in [1.82, 2.24) is 0 Å². The van der Waals surface area contributed by atoms with Crippen LogP contribution < -0.4 is 0 Å². The van der Waals surface area contributed by atoms with Crippen LogP contribution in [-0.4, -0.2) is 5.33 Å². The normalized spacial score (nSPS) is 11.8. The lowest BCUT2D eigenvalue weighted by atomic mass is 10.1. The van der Waals surface area contributed by atoms with Crippen molar-refractivity contribution in [2.75, 3.05) is 5.33 Å². The van der Waals surface area contributed by atoms with Gasteiger partial charge in [-0.3, -0.25) is 0 Å². The third-order valence-corrected chi connectivity index (χ3v) is 2.92. The number of halogens is 2. The van der Waals surface area contributed by atoms with Gasteiger partial charge in [0.15, 0.2) is 0 Å². The number of hydrogen-bond acceptors (Lipinski definition) is 0. The van der Waals surface area contributed by atoms with Crippen molar-refractivity contribution in [3.8, 4) is 0 Å². The van der Waals surface area contributed by atoms with Gasteiger partial charge in [-0.25, -0.2) is 0 Å². The van der Waals surface area contributed by atoms with Crippen molar-refractivity contribution in [2.45, 2.75) is 19.8 Å². The number of hydrogen-bond donors (Lipinski definition) is 0. The Morgan fingerprint density at radius 1 is 1.43 bits per heavy atom. The number of alkyl halides is 1. The van der Waals surface area contributed by atoms with E-state index in [0.29, 0.717) is 0 Å². The van der Waals surface area contributed by atoms with Gasteiger partial charge in [0.1, 0.15) is 0 Å². The summed E-state index contributed by atoms with van der Waals surface area (Å²) in [4.78, 5) is 0. The summed E-state index contributed by atoms with van der Waals surface area (Å²) >= 11 is 6.90. The Hall–Kier alpha value is -0.0800. The molecule has 14 heavy (non-hydrogen) atoms. The van der Waals surface area contributed by atoms with Crippen molar-refractivity contribution in [1.29, 1.82) is 0 Å². The first-order chi connectivity index (χ1) is 6.72. The molecule has 0 N–H and O–H groups in total. The fourth-order valence-electron chi connectivity index (χ4n) is 1.34. The average molecular weight is 318 g/mol. The molecule has 0 saturated carbocycles. The molecule has 0 saturated heterocycles. The zero-order valence-electron chi connectivity index (χ0n) is 8.26. The maximum absolute atomic E-state index is 3.48. The van der Waals surface area contributed by atoms with Crippen LogP contribution in [0.5, 0.6) is 0 Å². The molecule has 2 heteroatoms. The maximum Gasteiger partial charge on any atom is 0.0178 e. The van der Waals surface area contributed by atoms with Gasteiger partial charge in [-0.15, -0.1) is 0 Å². The van der Waals surface area contributed by atoms with Crippen LogP contribution in [-0.2, 0) is 6.42 Å². The molecule has 1 aromatic carbocycles. The first-order valence-corrected chi connectivity index (χ1v) is 6.60. The molecule has 0 radical (unpaired) electrons. The highest BCUT2D eigenvalue weighted by Gasteiger charge is 1.95. The quantitative estimate of drug-likeness (QED) is 0.556.